The molecule has 9 heteroatoms. The van der Waals surface area contributed by atoms with Crippen LogP contribution in [0.3, 0.4) is 0 Å². The van der Waals surface area contributed by atoms with Crippen molar-refractivity contribution in [2.24, 2.45) is 0 Å². The summed E-state index contributed by atoms with van der Waals surface area (Å²) < 4.78 is 11.3. The standard InChI is InChI=1S/C67H117NO8/c1-3-5-7-9-11-13-15-17-19-20-21-22-23-24-25-26-27-28-29-30-31-32-33-34-35-36-37-38-39-40-41-42-43-45-47-49-51-53-55-57-63(71)68-60(59-75-67-66(74)65(73)64(72)62(58-69)76-67)61(70)56-54-52-50-48-46-44-18-16-14-12-10-8-6-4-2/h5,7,11,13,17,19,21-22,24-25,27-28,30-31,54,56,60-62,64-67,69-70,72-74H,3-4,6,8-10,12,14-16,18,20,23,26,29,32-53,55,57-59H2,1-2H3,(H,68,71)/b7-5-,13-11-,19-17-,22-21-,25-24-,28-27-,31-30-,56-54+. The lowest BCUT2D eigenvalue weighted by Crippen LogP contribution is -2.60. The first-order valence-electron chi connectivity index (χ1n) is 31.5. The maximum atomic E-state index is 13.1. The molecule has 438 valence electrons. The Labute approximate surface area is 466 Å². The molecule has 0 spiro atoms. The van der Waals surface area contributed by atoms with Crippen LogP contribution in [-0.4, -0.2) is 87.5 Å². The van der Waals surface area contributed by atoms with Gasteiger partial charge in [0.2, 0.25) is 5.91 Å². The number of aliphatic hydroxyl groups excluding tert-OH is 5. The maximum absolute atomic E-state index is 13.1. The second-order valence-electron chi connectivity index (χ2n) is 21.5. The molecule has 1 aliphatic heterocycles. The smallest absolute Gasteiger partial charge is 0.220 e. The van der Waals surface area contributed by atoms with Gasteiger partial charge >= 0.3 is 0 Å². The average Bonchev–Trinajstić information content (AvgIpc) is 3.42. The van der Waals surface area contributed by atoms with Crippen LogP contribution in [-0.2, 0) is 14.3 Å². The normalized spacial score (nSPS) is 19.5. The molecule has 0 radical (unpaired) electrons. The van der Waals surface area contributed by atoms with Crippen molar-refractivity contribution in [3.05, 3.63) is 97.2 Å². The predicted octanol–water partition coefficient (Wildman–Crippen LogP) is 16.4. The van der Waals surface area contributed by atoms with Crippen molar-refractivity contribution in [2.45, 2.75) is 307 Å². The van der Waals surface area contributed by atoms with Gasteiger partial charge in [-0.3, -0.25) is 4.79 Å². The van der Waals surface area contributed by atoms with E-state index < -0.39 is 49.5 Å². The summed E-state index contributed by atoms with van der Waals surface area (Å²) in [6, 6.07) is -0.808. The summed E-state index contributed by atoms with van der Waals surface area (Å²) in [7, 11) is 0. The van der Waals surface area contributed by atoms with E-state index in [1.807, 2.05) is 6.08 Å². The average molecular weight is 1060 g/mol. The number of rotatable bonds is 53. The highest BCUT2D eigenvalue weighted by molar-refractivity contribution is 5.76. The van der Waals surface area contributed by atoms with Crippen LogP contribution in [0.1, 0.15) is 264 Å². The molecular formula is C67H117NO8. The van der Waals surface area contributed by atoms with Gasteiger partial charge in [0.25, 0.3) is 0 Å². The first-order valence-corrected chi connectivity index (χ1v) is 31.5. The Bertz CT molecular complexity index is 1510. The Morgan fingerprint density at radius 2 is 0.816 bits per heavy atom. The van der Waals surface area contributed by atoms with Gasteiger partial charge < -0.3 is 40.3 Å². The van der Waals surface area contributed by atoms with Crippen molar-refractivity contribution in [2.75, 3.05) is 13.2 Å². The van der Waals surface area contributed by atoms with E-state index in [4.69, 9.17) is 9.47 Å². The van der Waals surface area contributed by atoms with E-state index in [-0.39, 0.29) is 12.5 Å². The molecule has 0 bridgehead atoms. The number of carbonyl (C=O) groups is 1. The number of amides is 1. The minimum Gasteiger partial charge on any atom is -0.394 e. The van der Waals surface area contributed by atoms with Gasteiger partial charge in [-0.1, -0.05) is 278 Å². The van der Waals surface area contributed by atoms with Gasteiger partial charge in [-0.2, -0.15) is 0 Å². The predicted molar refractivity (Wildman–Crippen MR) is 322 cm³/mol. The van der Waals surface area contributed by atoms with Crippen LogP contribution in [0.25, 0.3) is 0 Å². The van der Waals surface area contributed by atoms with E-state index in [1.54, 1.807) is 6.08 Å². The molecule has 1 heterocycles. The number of aliphatic hydroxyl groups is 5. The van der Waals surface area contributed by atoms with Crippen molar-refractivity contribution < 1.29 is 39.8 Å². The van der Waals surface area contributed by atoms with Crippen LogP contribution in [0.4, 0.5) is 0 Å². The van der Waals surface area contributed by atoms with Gasteiger partial charge in [0, 0.05) is 6.42 Å². The highest BCUT2D eigenvalue weighted by Gasteiger charge is 2.44. The fourth-order valence-electron chi connectivity index (χ4n) is 9.49. The molecule has 0 aliphatic carbocycles. The summed E-state index contributed by atoms with van der Waals surface area (Å²) in [6.45, 7) is 3.67. The molecule has 7 unspecified atom stereocenters. The zero-order valence-corrected chi connectivity index (χ0v) is 48.7. The lowest BCUT2D eigenvalue weighted by Gasteiger charge is -2.40. The molecule has 6 N–H and O–H groups in total. The summed E-state index contributed by atoms with van der Waals surface area (Å²) in [5.74, 6) is -0.178. The Morgan fingerprint density at radius 3 is 1.21 bits per heavy atom. The number of unbranched alkanes of at least 4 members (excludes halogenated alkanes) is 29. The molecule has 0 aromatic rings. The molecular weight excluding hydrogens is 947 g/mol. The summed E-state index contributed by atoms with van der Waals surface area (Å²) in [5.41, 5.74) is 0. The summed E-state index contributed by atoms with van der Waals surface area (Å²) in [5, 5.41) is 54.5. The fraction of sp³-hybridized carbons (Fsp3) is 0.746. The van der Waals surface area contributed by atoms with E-state index >= 15 is 0 Å². The quantitative estimate of drug-likeness (QED) is 0.0261. The van der Waals surface area contributed by atoms with E-state index in [2.05, 4.69) is 104 Å². The molecule has 1 amide bonds. The largest absolute Gasteiger partial charge is 0.394 e. The number of hydrogen-bond acceptors (Lipinski definition) is 8. The molecule has 9 nitrogen and oxygen atoms in total. The zero-order chi connectivity index (χ0) is 55.0. The van der Waals surface area contributed by atoms with E-state index in [9.17, 15) is 30.3 Å². The van der Waals surface area contributed by atoms with E-state index in [0.717, 1.165) is 83.5 Å². The van der Waals surface area contributed by atoms with Crippen LogP contribution in [0.15, 0.2) is 97.2 Å². The SMILES string of the molecule is CC/C=C\C/C=C\C/C=C\C/C=C\C/C=C\C/C=C\C/C=C\CCCCCCCCCCCCCCCCCCCC(=O)NC(COC1OC(CO)C(O)C(O)C1O)C(O)/C=C/CCCCCCCCCCCCCC. The number of carbonyl (C=O) groups excluding carboxylic acids is 1. The molecule has 76 heavy (non-hydrogen) atoms. The van der Waals surface area contributed by atoms with E-state index in [0.29, 0.717) is 6.42 Å². The molecule has 1 aliphatic rings. The van der Waals surface area contributed by atoms with Gasteiger partial charge in [-0.05, 0) is 77.0 Å². The van der Waals surface area contributed by atoms with Gasteiger partial charge in [0.1, 0.15) is 24.4 Å². The topological polar surface area (TPSA) is 149 Å². The molecule has 0 aromatic carbocycles. The van der Waals surface area contributed by atoms with Crippen molar-refractivity contribution >= 4 is 5.91 Å². The minimum absolute atomic E-state index is 0.178. The van der Waals surface area contributed by atoms with Gasteiger partial charge in [0.05, 0.1) is 25.4 Å². The third kappa shape index (κ3) is 44.0. The highest BCUT2D eigenvalue weighted by Crippen LogP contribution is 2.23. The molecule has 1 saturated heterocycles. The number of allylic oxidation sites excluding steroid dienone is 15. The molecule has 0 aromatic heterocycles. The summed E-state index contributed by atoms with van der Waals surface area (Å²) in [4.78, 5) is 13.1. The maximum Gasteiger partial charge on any atom is 0.220 e. The summed E-state index contributed by atoms with van der Waals surface area (Å²) in [6.07, 6.45) is 73.5. The highest BCUT2D eigenvalue weighted by atomic mass is 16.7. The first-order chi connectivity index (χ1) is 37.3. The lowest BCUT2D eigenvalue weighted by atomic mass is 9.99. The zero-order valence-electron chi connectivity index (χ0n) is 48.7. The number of ether oxygens (including phenoxy) is 2. The van der Waals surface area contributed by atoms with Gasteiger partial charge in [0.15, 0.2) is 6.29 Å². The van der Waals surface area contributed by atoms with Crippen molar-refractivity contribution in [3.8, 4) is 0 Å². The molecule has 1 rings (SSSR count). The van der Waals surface area contributed by atoms with Crippen molar-refractivity contribution in [3.63, 3.8) is 0 Å². The van der Waals surface area contributed by atoms with Crippen LogP contribution in [0, 0.1) is 0 Å². The van der Waals surface area contributed by atoms with Gasteiger partial charge in [-0.15, -0.1) is 0 Å². The second kappa shape index (κ2) is 55.4. The third-order valence-electron chi connectivity index (χ3n) is 14.4. The van der Waals surface area contributed by atoms with Gasteiger partial charge in [-0.25, -0.2) is 0 Å². The number of hydrogen-bond donors (Lipinski definition) is 6. The summed E-state index contributed by atoms with van der Waals surface area (Å²) >= 11 is 0. The Hall–Kier alpha value is -2.89. The fourth-order valence-corrected chi connectivity index (χ4v) is 9.49. The van der Waals surface area contributed by atoms with E-state index in [1.165, 1.54) is 161 Å². The molecule has 1 fully saturated rings. The second-order valence-corrected chi connectivity index (χ2v) is 21.5. The lowest BCUT2D eigenvalue weighted by molar-refractivity contribution is -0.302. The van der Waals surface area contributed by atoms with Crippen molar-refractivity contribution in [1.82, 2.24) is 5.32 Å². The van der Waals surface area contributed by atoms with Crippen LogP contribution in [0.5, 0.6) is 0 Å². The van der Waals surface area contributed by atoms with Crippen LogP contribution < -0.4 is 5.32 Å². The van der Waals surface area contributed by atoms with Crippen LogP contribution >= 0.6 is 0 Å². The van der Waals surface area contributed by atoms with Crippen molar-refractivity contribution in [1.29, 1.82) is 0 Å². The Kier molecular flexibility index (Phi) is 51.9. The van der Waals surface area contributed by atoms with Crippen LogP contribution in [0.2, 0.25) is 0 Å². The third-order valence-corrected chi connectivity index (χ3v) is 14.4. The Balaban J connectivity index is 2.09. The molecule has 7 atom stereocenters. The Morgan fingerprint density at radius 1 is 0.461 bits per heavy atom. The monoisotopic (exact) mass is 1060 g/mol. The first kappa shape index (κ1) is 71.1. The number of nitrogens with one attached hydrogen (secondary N) is 1. The molecule has 0 saturated carbocycles. The minimum atomic E-state index is -1.57.